The summed E-state index contributed by atoms with van der Waals surface area (Å²) in [6.07, 6.45) is 1.67. The molecular weight excluding hydrogens is 644 g/mol. The molecule has 1 fully saturated rings. The number of benzene rings is 3. The Kier molecular flexibility index (Phi) is 8.54. The lowest BCUT2D eigenvalue weighted by Crippen LogP contribution is -2.27. The zero-order valence-electron chi connectivity index (χ0n) is 18.2. The molecule has 0 spiro atoms. The molecule has 0 aromatic heterocycles. The van der Waals surface area contributed by atoms with Crippen molar-refractivity contribution in [3.63, 3.8) is 0 Å². The lowest BCUT2D eigenvalue weighted by atomic mass is 10.1. The van der Waals surface area contributed by atoms with Crippen LogP contribution in [0.25, 0.3) is 6.08 Å². The van der Waals surface area contributed by atoms with E-state index in [4.69, 9.17) is 44.3 Å². The lowest BCUT2D eigenvalue weighted by molar-refractivity contribution is -0.123. The van der Waals surface area contributed by atoms with Crippen molar-refractivity contribution in [2.45, 2.75) is 13.2 Å². The molecule has 0 aliphatic carbocycles. The van der Waals surface area contributed by atoms with Crippen molar-refractivity contribution < 1.29 is 19.1 Å². The molecule has 4 rings (SSSR count). The molecule has 1 aliphatic rings. The Hall–Kier alpha value is -1.91. The predicted molar refractivity (Wildman–Crippen MR) is 149 cm³/mol. The topological polar surface area (TPSA) is 55.8 Å². The quantitative estimate of drug-likeness (QED) is 0.190. The SMILES string of the molecule is COc1cc(/C=C2/SC(=O)N(Cc3ccc(Cl)c(Cl)c3)C2=O)cc(I)c1OCc1ccc(Cl)cc1. The van der Waals surface area contributed by atoms with Gasteiger partial charge in [0.2, 0.25) is 0 Å². The molecule has 3 aromatic rings. The zero-order chi connectivity index (χ0) is 25.1. The number of rotatable bonds is 7. The van der Waals surface area contributed by atoms with Crippen molar-refractivity contribution in [3.05, 3.63) is 94.8 Å². The third kappa shape index (κ3) is 6.27. The van der Waals surface area contributed by atoms with Gasteiger partial charge in [-0.15, -0.1) is 0 Å². The van der Waals surface area contributed by atoms with Gasteiger partial charge in [0, 0.05) is 5.02 Å². The molecule has 35 heavy (non-hydrogen) atoms. The molecule has 0 saturated carbocycles. The van der Waals surface area contributed by atoms with E-state index < -0.39 is 0 Å². The highest BCUT2D eigenvalue weighted by molar-refractivity contribution is 14.1. The summed E-state index contributed by atoms with van der Waals surface area (Å²) in [5, 5.41) is 1.09. The highest BCUT2D eigenvalue weighted by Gasteiger charge is 2.35. The van der Waals surface area contributed by atoms with Gasteiger partial charge in [-0.05, 0) is 93.5 Å². The van der Waals surface area contributed by atoms with E-state index in [1.165, 1.54) is 4.90 Å². The molecule has 0 N–H and O–H groups in total. The van der Waals surface area contributed by atoms with Gasteiger partial charge in [-0.1, -0.05) is 53.0 Å². The number of hydrogen-bond donors (Lipinski definition) is 0. The first-order chi connectivity index (χ1) is 16.7. The van der Waals surface area contributed by atoms with E-state index in [0.29, 0.717) is 49.2 Å². The van der Waals surface area contributed by atoms with Crippen LogP contribution in [-0.4, -0.2) is 23.2 Å². The molecule has 0 atom stereocenters. The standard InChI is InChI=1S/C25H17Cl3INO4S/c1-33-21-10-16(9-20(29)23(21)34-13-14-2-5-17(26)6-3-14)11-22-24(31)30(25(32)35-22)12-15-4-7-18(27)19(28)8-15/h2-11H,12-13H2,1H3/b22-11+. The fourth-order valence-electron chi connectivity index (χ4n) is 3.31. The summed E-state index contributed by atoms with van der Waals surface area (Å²) in [5.41, 5.74) is 2.39. The molecule has 0 radical (unpaired) electrons. The number of thioether (sulfide) groups is 1. The Morgan fingerprint density at radius 2 is 1.69 bits per heavy atom. The van der Waals surface area contributed by atoms with Crippen LogP contribution in [0, 0.1) is 3.57 Å². The molecule has 2 amide bonds. The third-order valence-electron chi connectivity index (χ3n) is 5.04. The number of carbonyl (C=O) groups is 2. The first-order valence-corrected chi connectivity index (χ1v) is 13.2. The van der Waals surface area contributed by atoms with Crippen molar-refractivity contribution in [1.82, 2.24) is 4.90 Å². The summed E-state index contributed by atoms with van der Waals surface area (Å²) >= 11 is 21.0. The van der Waals surface area contributed by atoms with Gasteiger partial charge < -0.3 is 9.47 Å². The summed E-state index contributed by atoms with van der Waals surface area (Å²) < 4.78 is 12.3. The lowest BCUT2D eigenvalue weighted by Gasteiger charge is -2.14. The Labute approximate surface area is 235 Å². The Bertz CT molecular complexity index is 1330. The Morgan fingerprint density at radius 3 is 2.37 bits per heavy atom. The van der Waals surface area contributed by atoms with Crippen LogP contribution in [0.4, 0.5) is 4.79 Å². The predicted octanol–water partition coefficient (Wildman–Crippen LogP) is 8.08. The van der Waals surface area contributed by atoms with E-state index in [1.54, 1.807) is 49.6 Å². The zero-order valence-corrected chi connectivity index (χ0v) is 23.4. The average molecular weight is 661 g/mol. The van der Waals surface area contributed by atoms with E-state index in [0.717, 1.165) is 20.9 Å². The summed E-state index contributed by atoms with van der Waals surface area (Å²) in [6, 6.07) is 16.1. The maximum Gasteiger partial charge on any atom is 0.293 e. The van der Waals surface area contributed by atoms with Crippen molar-refractivity contribution in [1.29, 1.82) is 0 Å². The first-order valence-electron chi connectivity index (χ1n) is 10.2. The van der Waals surface area contributed by atoms with Gasteiger partial charge in [0.15, 0.2) is 11.5 Å². The molecule has 1 saturated heterocycles. The molecule has 5 nitrogen and oxygen atoms in total. The van der Waals surface area contributed by atoms with E-state index in [1.807, 2.05) is 18.2 Å². The van der Waals surface area contributed by atoms with Crippen LogP contribution in [0.2, 0.25) is 15.1 Å². The monoisotopic (exact) mass is 659 g/mol. The van der Waals surface area contributed by atoms with Crippen LogP contribution < -0.4 is 9.47 Å². The molecule has 0 unspecified atom stereocenters. The average Bonchev–Trinajstić information content (AvgIpc) is 3.08. The minimum Gasteiger partial charge on any atom is -0.493 e. The first kappa shape index (κ1) is 26.2. The molecule has 3 aromatic carbocycles. The summed E-state index contributed by atoms with van der Waals surface area (Å²) in [7, 11) is 1.55. The Balaban J connectivity index is 1.52. The van der Waals surface area contributed by atoms with E-state index in [-0.39, 0.29) is 17.7 Å². The van der Waals surface area contributed by atoms with E-state index in [9.17, 15) is 9.59 Å². The minimum atomic E-state index is -0.372. The highest BCUT2D eigenvalue weighted by atomic mass is 127. The fourth-order valence-corrected chi connectivity index (χ4v) is 5.37. The van der Waals surface area contributed by atoms with Crippen LogP contribution >= 0.6 is 69.2 Å². The van der Waals surface area contributed by atoms with Crippen molar-refractivity contribution >= 4 is 86.4 Å². The number of nitrogens with zero attached hydrogens (tertiary/aromatic N) is 1. The number of imide groups is 1. The third-order valence-corrected chi connectivity index (χ3v) is 7.74. The van der Waals surface area contributed by atoms with Crippen LogP contribution in [-0.2, 0) is 17.9 Å². The molecule has 10 heteroatoms. The number of amides is 2. The number of methoxy groups -OCH3 is 1. The van der Waals surface area contributed by atoms with E-state index in [2.05, 4.69) is 22.6 Å². The maximum absolute atomic E-state index is 13.0. The molecule has 1 heterocycles. The van der Waals surface area contributed by atoms with Gasteiger partial charge in [-0.3, -0.25) is 14.5 Å². The number of hydrogen-bond acceptors (Lipinski definition) is 5. The second kappa shape index (κ2) is 11.4. The van der Waals surface area contributed by atoms with Crippen molar-refractivity contribution in [2.75, 3.05) is 7.11 Å². The number of halogens is 4. The largest absolute Gasteiger partial charge is 0.493 e. The van der Waals surface area contributed by atoms with Gasteiger partial charge in [0.1, 0.15) is 6.61 Å². The number of carbonyl (C=O) groups excluding carboxylic acids is 2. The fraction of sp³-hybridized carbons (Fsp3) is 0.120. The molecule has 1 aliphatic heterocycles. The Morgan fingerprint density at radius 1 is 0.971 bits per heavy atom. The highest BCUT2D eigenvalue weighted by Crippen LogP contribution is 2.38. The summed E-state index contributed by atoms with van der Waals surface area (Å²) in [4.78, 5) is 27.0. The van der Waals surface area contributed by atoms with Gasteiger partial charge >= 0.3 is 0 Å². The molecule has 180 valence electrons. The van der Waals surface area contributed by atoms with Crippen LogP contribution in [0.5, 0.6) is 11.5 Å². The van der Waals surface area contributed by atoms with Crippen LogP contribution in [0.1, 0.15) is 16.7 Å². The normalized spacial score (nSPS) is 14.7. The smallest absolute Gasteiger partial charge is 0.293 e. The van der Waals surface area contributed by atoms with Crippen molar-refractivity contribution in [2.24, 2.45) is 0 Å². The van der Waals surface area contributed by atoms with Gasteiger partial charge in [0.25, 0.3) is 11.1 Å². The molecule has 0 bridgehead atoms. The second-order valence-corrected chi connectivity index (χ2v) is 10.9. The van der Waals surface area contributed by atoms with Gasteiger partial charge in [-0.2, -0.15) is 0 Å². The minimum absolute atomic E-state index is 0.108. The van der Waals surface area contributed by atoms with Crippen LogP contribution in [0.15, 0.2) is 59.5 Å². The van der Waals surface area contributed by atoms with E-state index >= 15 is 0 Å². The second-order valence-electron chi connectivity index (χ2n) is 7.47. The molecular formula is C25H17Cl3INO4S. The number of ether oxygens (including phenoxy) is 2. The summed E-state index contributed by atoms with van der Waals surface area (Å²) in [5.74, 6) is 0.739. The summed E-state index contributed by atoms with van der Waals surface area (Å²) in [6.45, 7) is 0.452. The van der Waals surface area contributed by atoms with Crippen molar-refractivity contribution in [3.8, 4) is 11.5 Å². The van der Waals surface area contributed by atoms with Crippen LogP contribution in [0.3, 0.4) is 0 Å². The van der Waals surface area contributed by atoms with Gasteiger partial charge in [-0.25, -0.2) is 0 Å². The van der Waals surface area contributed by atoms with Gasteiger partial charge in [0.05, 0.1) is 32.2 Å². The maximum atomic E-state index is 13.0.